The molecule has 200 valence electrons. The van der Waals surface area contributed by atoms with Crippen molar-refractivity contribution in [3.8, 4) is 0 Å². The van der Waals surface area contributed by atoms with Crippen LogP contribution in [-0.4, -0.2) is 34.9 Å². The van der Waals surface area contributed by atoms with Gasteiger partial charge in [0.25, 0.3) is 5.91 Å². The van der Waals surface area contributed by atoms with Gasteiger partial charge in [-0.25, -0.2) is 21.6 Å². The number of aromatic amines is 1. The number of anilines is 1. The lowest BCUT2D eigenvalue weighted by atomic mass is 10.0. The molecule has 0 saturated carbocycles. The van der Waals surface area contributed by atoms with Gasteiger partial charge in [-0.1, -0.05) is 26.0 Å². The summed E-state index contributed by atoms with van der Waals surface area (Å²) in [6.45, 7) is 7.08. The standard InChI is InChI=1S/C24H26F3N5O3S.ClH/c1-13(2)28-11-14-6-5-7-19(27)20(14)23(33)29-22-18-12-32(24(3,4)21(18)30-31-22)36(34,35)17-9-15(25)8-16(26)10-17;/h5-10,13,28H,11-12H2,1-4H3,(H2,29,30,31,33);1H. The smallest absolute Gasteiger partial charge is 0.260 e. The van der Waals surface area contributed by atoms with Crippen molar-refractivity contribution in [1.29, 1.82) is 0 Å². The average molecular weight is 558 g/mol. The second-order valence-electron chi connectivity index (χ2n) is 9.37. The number of benzene rings is 2. The molecule has 1 amide bonds. The highest BCUT2D eigenvalue weighted by molar-refractivity contribution is 7.89. The van der Waals surface area contributed by atoms with Gasteiger partial charge in [-0.15, -0.1) is 12.4 Å². The molecular weight excluding hydrogens is 531 g/mol. The first-order chi connectivity index (χ1) is 16.8. The number of nitrogens with one attached hydrogen (secondary N) is 3. The van der Waals surface area contributed by atoms with Gasteiger partial charge in [-0.05, 0) is 37.6 Å². The Bertz CT molecular complexity index is 1420. The van der Waals surface area contributed by atoms with Crippen LogP contribution >= 0.6 is 12.4 Å². The van der Waals surface area contributed by atoms with Crippen LogP contribution in [0.4, 0.5) is 19.0 Å². The van der Waals surface area contributed by atoms with Gasteiger partial charge in [0.1, 0.15) is 17.5 Å². The molecule has 0 spiro atoms. The maximum atomic E-state index is 14.7. The molecule has 3 aromatic rings. The summed E-state index contributed by atoms with van der Waals surface area (Å²) in [5, 5.41) is 12.6. The number of hydrogen-bond acceptors (Lipinski definition) is 5. The van der Waals surface area contributed by atoms with E-state index in [1.165, 1.54) is 12.1 Å². The fourth-order valence-corrected chi connectivity index (χ4v) is 6.01. The molecular formula is C24H27ClF3N5O3S. The quantitative estimate of drug-likeness (QED) is 0.398. The lowest BCUT2D eigenvalue weighted by Gasteiger charge is -2.30. The first kappa shape index (κ1) is 28.6. The maximum absolute atomic E-state index is 14.7. The SMILES string of the molecule is CC(C)NCc1cccc(F)c1C(=O)Nc1n[nH]c2c1CN(S(=O)(=O)c1cc(F)cc(F)c1)C2(C)C.Cl. The lowest BCUT2D eigenvalue weighted by Crippen LogP contribution is -2.40. The van der Waals surface area contributed by atoms with Crippen LogP contribution in [0.15, 0.2) is 41.3 Å². The van der Waals surface area contributed by atoms with Gasteiger partial charge in [-0.2, -0.15) is 9.40 Å². The number of sulfonamides is 1. The molecule has 1 aliphatic heterocycles. The van der Waals surface area contributed by atoms with Crippen molar-refractivity contribution < 1.29 is 26.4 Å². The molecule has 13 heteroatoms. The Labute approximate surface area is 219 Å². The number of H-pyrrole nitrogens is 1. The van der Waals surface area contributed by atoms with Crippen LogP contribution in [0.2, 0.25) is 0 Å². The lowest BCUT2D eigenvalue weighted by molar-refractivity contribution is 0.102. The van der Waals surface area contributed by atoms with Crippen LogP contribution in [0.3, 0.4) is 0 Å². The summed E-state index contributed by atoms with van der Waals surface area (Å²) >= 11 is 0. The van der Waals surface area contributed by atoms with Gasteiger partial charge in [0.2, 0.25) is 10.0 Å². The normalized spacial score (nSPS) is 14.9. The van der Waals surface area contributed by atoms with Crippen LogP contribution in [0.25, 0.3) is 0 Å². The molecule has 0 atom stereocenters. The Morgan fingerprint density at radius 3 is 2.43 bits per heavy atom. The van der Waals surface area contributed by atoms with E-state index in [2.05, 4.69) is 20.8 Å². The number of hydrogen-bond donors (Lipinski definition) is 3. The third kappa shape index (κ3) is 5.37. The summed E-state index contributed by atoms with van der Waals surface area (Å²) in [6, 6.07) is 6.51. The van der Waals surface area contributed by atoms with Crippen molar-refractivity contribution in [3.63, 3.8) is 0 Å². The highest BCUT2D eigenvalue weighted by atomic mass is 35.5. The zero-order valence-electron chi connectivity index (χ0n) is 20.5. The van der Waals surface area contributed by atoms with E-state index in [-0.39, 0.29) is 42.9 Å². The molecule has 8 nitrogen and oxygen atoms in total. The third-order valence-corrected chi connectivity index (χ3v) is 8.09. The summed E-state index contributed by atoms with van der Waals surface area (Å²) in [7, 11) is -4.33. The van der Waals surface area contributed by atoms with Crippen molar-refractivity contribution >= 4 is 34.2 Å². The highest BCUT2D eigenvalue weighted by Gasteiger charge is 2.48. The van der Waals surface area contributed by atoms with Gasteiger partial charge < -0.3 is 10.6 Å². The fraction of sp³-hybridized carbons (Fsp3) is 0.333. The first-order valence-electron chi connectivity index (χ1n) is 11.2. The molecule has 4 rings (SSSR count). The molecule has 0 fully saturated rings. The van der Waals surface area contributed by atoms with E-state index in [9.17, 15) is 26.4 Å². The molecule has 2 heterocycles. The summed E-state index contributed by atoms with van der Waals surface area (Å²) in [5.41, 5.74) is -0.122. The fourth-order valence-electron chi connectivity index (χ4n) is 4.24. The van der Waals surface area contributed by atoms with E-state index in [0.29, 0.717) is 22.9 Å². The summed E-state index contributed by atoms with van der Waals surface area (Å²) in [6.07, 6.45) is 0. The number of aromatic nitrogens is 2. The molecule has 37 heavy (non-hydrogen) atoms. The zero-order valence-corrected chi connectivity index (χ0v) is 22.2. The molecule has 1 aromatic heterocycles. The van der Waals surface area contributed by atoms with Gasteiger partial charge in [0.05, 0.1) is 21.7 Å². The van der Waals surface area contributed by atoms with Crippen LogP contribution in [0.1, 0.15) is 54.9 Å². The molecule has 0 unspecified atom stereocenters. The van der Waals surface area contributed by atoms with E-state index in [1.807, 2.05) is 13.8 Å². The van der Waals surface area contributed by atoms with E-state index in [1.54, 1.807) is 19.9 Å². The topological polar surface area (TPSA) is 107 Å². The summed E-state index contributed by atoms with van der Waals surface area (Å²) < 4.78 is 69.8. The summed E-state index contributed by atoms with van der Waals surface area (Å²) in [5.74, 6) is -3.45. The van der Waals surface area contributed by atoms with Crippen molar-refractivity contribution in [1.82, 2.24) is 19.8 Å². The monoisotopic (exact) mass is 557 g/mol. The molecule has 0 saturated heterocycles. The van der Waals surface area contributed by atoms with Crippen LogP contribution < -0.4 is 10.6 Å². The Hall–Kier alpha value is -2.93. The number of carbonyl (C=O) groups excluding carboxylic acids is 1. The van der Waals surface area contributed by atoms with Crippen molar-refractivity contribution in [2.45, 2.75) is 57.3 Å². The second kappa shape index (κ2) is 10.4. The molecule has 2 aromatic carbocycles. The van der Waals surface area contributed by atoms with Gasteiger partial charge in [0, 0.05) is 30.8 Å². The van der Waals surface area contributed by atoms with Gasteiger partial charge in [0.15, 0.2) is 5.82 Å². The number of amides is 1. The first-order valence-corrected chi connectivity index (χ1v) is 12.6. The minimum Gasteiger partial charge on any atom is -0.310 e. The van der Waals surface area contributed by atoms with Crippen molar-refractivity contribution in [2.75, 3.05) is 5.32 Å². The number of rotatable bonds is 7. The molecule has 0 aliphatic carbocycles. The number of fused-ring (bicyclic) bond motifs is 1. The van der Waals surface area contributed by atoms with E-state index in [0.717, 1.165) is 16.4 Å². The van der Waals surface area contributed by atoms with Crippen LogP contribution in [0, 0.1) is 17.5 Å². The molecule has 0 radical (unpaired) electrons. The van der Waals surface area contributed by atoms with E-state index in [4.69, 9.17) is 0 Å². The van der Waals surface area contributed by atoms with E-state index >= 15 is 0 Å². The van der Waals surface area contributed by atoms with Gasteiger partial charge >= 0.3 is 0 Å². The number of halogens is 4. The molecule has 3 N–H and O–H groups in total. The predicted molar refractivity (Wildman–Crippen MR) is 134 cm³/mol. The Morgan fingerprint density at radius 1 is 1.16 bits per heavy atom. The maximum Gasteiger partial charge on any atom is 0.260 e. The number of carbonyl (C=O) groups is 1. The van der Waals surface area contributed by atoms with Crippen molar-refractivity contribution in [3.05, 3.63) is 76.2 Å². The summed E-state index contributed by atoms with van der Waals surface area (Å²) in [4.78, 5) is 12.5. The van der Waals surface area contributed by atoms with Crippen LogP contribution in [0.5, 0.6) is 0 Å². The molecule has 0 bridgehead atoms. The minimum atomic E-state index is -4.33. The average Bonchev–Trinajstić information content (AvgIpc) is 3.29. The molecule has 1 aliphatic rings. The zero-order chi connectivity index (χ0) is 26.4. The predicted octanol–water partition coefficient (Wildman–Crippen LogP) is 4.44. The Kier molecular flexibility index (Phi) is 8.08. The highest BCUT2D eigenvalue weighted by Crippen LogP contribution is 2.44. The number of nitrogens with zero attached hydrogens (tertiary/aromatic N) is 2. The Morgan fingerprint density at radius 2 is 1.81 bits per heavy atom. The van der Waals surface area contributed by atoms with Gasteiger partial charge in [-0.3, -0.25) is 9.89 Å². The van der Waals surface area contributed by atoms with E-state index < -0.39 is 43.8 Å². The Balaban J connectivity index is 0.00000380. The largest absolute Gasteiger partial charge is 0.310 e. The minimum absolute atomic E-state index is 0. The van der Waals surface area contributed by atoms with Crippen molar-refractivity contribution in [2.24, 2.45) is 0 Å². The second-order valence-corrected chi connectivity index (χ2v) is 11.2. The third-order valence-electron chi connectivity index (χ3n) is 6.09. The van der Waals surface area contributed by atoms with Crippen LogP contribution in [-0.2, 0) is 28.7 Å².